The first kappa shape index (κ1) is 19.2. The zero-order valence-electron chi connectivity index (χ0n) is 14.2. The maximum absolute atomic E-state index is 12.2. The molecule has 0 saturated carbocycles. The standard InChI is InChI=1S/C18H19Cl2NO4/c1-23-14-9-11(10-15(24-2)18(14)25-3)7-8-16(22)21-13-6-4-5-12(19)17(13)20/h4-6,9-10H,7-8H2,1-3H3,(H,21,22). The molecule has 0 spiro atoms. The molecule has 0 fully saturated rings. The van der Waals surface area contributed by atoms with Crippen molar-refractivity contribution in [2.75, 3.05) is 26.6 Å². The van der Waals surface area contributed by atoms with E-state index in [9.17, 15) is 4.79 Å². The number of rotatable bonds is 7. The normalized spacial score (nSPS) is 10.3. The molecule has 2 rings (SSSR count). The molecule has 0 aliphatic rings. The van der Waals surface area contributed by atoms with Gasteiger partial charge in [0.25, 0.3) is 0 Å². The zero-order valence-corrected chi connectivity index (χ0v) is 15.7. The summed E-state index contributed by atoms with van der Waals surface area (Å²) in [6, 6.07) is 8.73. The fourth-order valence-electron chi connectivity index (χ4n) is 2.35. The summed E-state index contributed by atoms with van der Waals surface area (Å²) in [4.78, 5) is 12.2. The lowest BCUT2D eigenvalue weighted by Gasteiger charge is -2.14. The molecular formula is C18H19Cl2NO4. The van der Waals surface area contributed by atoms with Crippen molar-refractivity contribution in [3.8, 4) is 17.2 Å². The maximum Gasteiger partial charge on any atom is 0.224 e. The Kier molecular flexibility index (Phi) is 6.79. The van der Waals surface area contributed by atoms with Crippen LogP contribution in [0, 0.1) is 0 Å². The first-order valence-electron chi connectivity index (χ1n) is 7.53. The van der Waals surface area contributed by atoms with E-state index in [1.807, 2.05) is 12.1 Å². The number of benzene rings is 2. The SMILES string of the molecule is COc1cc(CCC(=O)Nc2cccc(Cl)c2Cl)cc(OC)c1OC. The van der Waals surface area contributed by atoms with Gasteiger partial charge < -0.3 is 19.5 Å². The summed E-state index contributed by atoms with van der Waals surface area (Å²) in [7, 11) is 4.64. The number of anilines is 1. The molecular weight excluding hydrogens is 365 g/mol. The average molecular weight is 384 g/mol. The molecule has 0 heterocycles. The van der Waals surface area contributed by atoms with Crippen molar-refractivity contribution < 1.29 is 19.0 Å². The maximum atomic E-state index is 12.2. The third kappa shape index (κ3) is 4.71. The third-order valence-electron chi connectivity index (χ3n) is 3.59. The van der Waals surface area contributed by atoms with Gasteiger partial charge in [-0.3, -0.25) is 4.79 Å². The van der Waals surface area contributed by atoms with Gasteiger partial charge >= 0.3 is 0 Å². The molecule has 0 unspecified atom stereocenters. The van der Waals surface area contributed by atoms with Gasteiger partial charge in [0, 0.05) is 6.42 Å². The molecule has 0 radical (unpaired) electrons. The smallest absolute Gasteiger partial charge is 0.224 e. The summed E-state index contributed by atoms with van der Waals surface area (Å²) >= 11 is 12.0. The van der Waals surface area contributed by atoms with E-state index < -0.39 is 0 Å². The Morgan fingerprint density at radius 1 is 1.04 bits per heavy atom. The van der Waals surface area contributed by atoms with Crippen molar-refractivity contribution in [1.82, 2.24) is 0 Å². The van der Waals surface area contributed by atoms with Gasteiger partial charge in [-0.15, -0.1) is 0 Å². The minimum atomic E-state index is -0.169. The van der Waals surface area contributed by atoms with Crippen molar-refractivity contribution in [3.63, 3.8) is 0 Å². The molecule has 1 amide bonds. The summed E-state index contributed by atoms with van der Waals surface area (Å²) in [6.07, 6.45) is 0.766. The quantitative estimate of drug-likeness (QED) is 0.759. The zero-order chi connectivity index (χ0) is 18.4. The molecule has 0 atom stereocenters. The van der Waals surface area contributed by atoms with Crippen LogP contribution in [0.2, 0.25) is 10.0 Å². The van der Waals surface area contributed by atoms with Crippen LogP contribution in [0.1, 0.15) is 12.0 Å². The van der Waals surface area contributed by atoms with Crippen LogP contribution in [0.15, 0.2) is 30.3 Å². The predicted molar refractivity (Wildman–Crippen MR) is 99.5 cm³/mol. The van der Waals surface area contributed by atoms with E-state index in [4.69, 9.17) is 37.4 Å². The van der Waals surface area contributed by atoms with E-state index in [2.05, 4.69) is 5.32 Å². The van der Waals surface area contributed by atoms with Crippen LogP contribution in [-0.2, 0) is 11.2 Å². The number of methoxy groups -OCH3 is 3. The largest absolute Gasteiger partial charge is 0.493 e. The highest BCUT2D eigenvalue weighted by molar-refractivity contribution is 6.43. The van der Waals surface area contributed by atoms with Gasteiger partial charge in [-0.2, -0.15) is 0 Å². The van der Waals surface area contributed by atoms with Gasteiger partial charge in [-0.25, -0.2) is 0 Å². The molecule has 0 aromatic heterocycles. The molecule has 25 heavy (non-hydrogen) atoms. The van der Waals surface area contributed by atoms with Gasteiger partial charge in [0.1, 0.15) is 0 Å². The first-order chi connectivity index (χ1) is 12.0. The second kappa shape index (κ2) is 8.83. The van der Waals surface area contributed by atoms with Crippen molar-refractivity contribution in [2.45, 2.75) is 12.8 Å². The molecule has 1 N–H and O–H groups in total. The number of carbonyl (C=O) groups excluding carboxylic acids is 1. The molecule has 0 aliphatic heterocycles. The fourth-order valence-corrected chi connectivity index (χ4v) is 2.70. The van der Waals surface area contributed by atoms with Crippen molar-refractivity contribution in [2.24, 2.45) is 0 Å². The lowest BCUT2D eigenvalue weighted by Crippen LogP contribution is -2.12. The summed E-state index contributed by atoms with van der Waals surface area (Å²) in [5, 5.41) is 3.48. The average Bonchev–Trinajstić information content (AvgIpc) is 2.62. The van der Waals surface area contributed by atoms with Gasteiger partial charge in [0.2, 0.25) is 11.7 Å². The molecule has 5 nitrogen and oxygen atoms in total. The number of amides is 1. The summed E-state index contributed by atoms with van der Waals surface area (Å²) < 4.78 is 15.9. The van der Waals surface area contributed by atoms with Crippen LogP contribution in [0.4, 0.5) is 5.69 Å². The van der Waals surface area contributed by atoms with Gasteiger partial charge in [-0.1, -0.05) is 29.3 Å². The van der Waals surface area contributed by atoms with E-state index in [0.717, 1.165) is 5.56 Å². The van der Waals surface area contributed by atoms with Crippen LogP contribution in [0.25, 0.3) is 0 Å². The Bertz CT molecular complexity index is 740. The van der Waals surface area contributed by atoms with E-state index in [-0.39, 0.29) is 12.3 Å². The topological polar surface area (TPSA) is 56.8 Å². The number of hydrogen-bond acceptors (Lipinski definition) is 4. The summed E-state index contributed by atoms with van der Waals surface area (Å²) in [6.45, 7) is 0. The van der Waals surface area contributed by atoms with Crippen LogP contribution >= 0.6 is 23.2 Å². The molecule has 0 bridgehead atoms. The van der Waals surface area contributed by atoms with Crippen molar-refractivity contribution in [1.29, 1.82) is 0 Å². The number of ether oxygens (including phenoxy) is 3. The number of nitrogens with one attached hydrogen (secondary N) is 1. The highest BCUT2D eigenvalue weighted by Crippen LogP contribution is 2.38. The van der Waals surface area contributed by atoms with Crippen molar-refractivity contribution >= 4 is 34.8 Å². The minimum absolute atomic E-state index is 0.169. The molecule has 134 valence electrons. The Labute approximate surface area is 156 Å². The Morgan fingerprint density at radius 2 is 1.68 bits per heavy atom. The Morgan fingerprint density at radius 3 is 2.24 bits per heavy atom. The summed E-state index contributed by atoms with van der Waals surface area (Å²) in [5.74, 6) is 1.45. The number of aryl methyl sites for hydroxylation is 1. The number of hydrogen-bond donors (Lipinski definition) is 1. The minimum Gasteiger partial charge on any atom is -0.493 e. The van der Waals surface area contributed by atoms with Crippen molar-refractivity contribution in [3.05, 3.63) is 45.9 Å². The Balaban J connectivity index is 2.08. The Hall–Kier alpha value is -2.11. The van der Waals surface area contributed by atoms with Gasteiger partial charge in [-0.05, 0) is 36.2 Å². The lowest BCUT2D eigenvalue weighted by atomic mass is 10.1. The number of carbonyl (C=O) groups is 1. The van der Waals surface area contributed by atoms with Gasteiger partial charge in [0.15, 0.2) is 11.5 Å². The molecule has 2 aromatic carbocycles. The van der Waals surface area contributed by atoms with Crippen LogP contribution < -0.4 is 19.5 Å². The van der Waals surface area contributed by atoms with Crippen LogP contribution in [-0.4, -0.2) is 27.2 Å². The summed E-state index contributed by atoms with van der Waals surface area (Å²) in [5.41, 5.74) is 1.38. The molecule has 0 saturated heterocycles. The predicted octanol–water partition coefficient (Wildman–Crippen LogP) is 4.59. The molecule has 2 aromatic rings. The van der Waals surface area contributed by atoms with Crippen LogP contribution in [0.3, 0.4) is 0 Å². The third-order valence-corrected chi connectivity index (χ3v) is 4.41. The highest BCUT2D eigenvalue weighted by Gasteiger charge is 2.14. The second-order valence-corrected chi connectivity index (χ2v) is 5.97. The first-order valence-corrected chi connectivity index (χ1v) is 8.28. The number of halogens is 2. The highest BCUT2D eigenvalue weighted by atomic mass is 35.5. The van der Waals surface area contributed by atoms with E-state index in [1.165, 1.54) is 0 Å². The van der Waals surface area contributed by atoms with Crippen LogP contribution in [0.5, 0.6) is 17.2 Å². The molecule has 7 heteroatoms. The van der Waals surface area contributed by atoms with E-state index >= 15 is 0 Å². The molecule has 0 aliphatic carbocycles. The monoisotopic (exact) mass is 383 g/mol. The van der Waals surface area contributed by atoms with E-state index in [0.29, 0.717) is 39.4 Å². The second-order valence-electron chi connectivity index (χ2n) is 5.18. The fraction of sp³-hybridized carbons (Fsp3) is 0.278. The lowest BCUT2D eigenvalue weighted by molar-refractivity contribution is -0.116. The van der Waals surface area contributed by atoms with E-state index in [1.54, 1.807) is 39.5 Å². The van der Waals surface area contributed by atoms with Gasteiger partial charge in [0.05, 0.1) is 37.1 Å².